The topological polar surface area (TPSA) is 75.4 Å². The Morgan fingerprint density at radius 2 is 2.18 bits per heavy atom. The second kappa shape index (κ2) is 6.14. The van der Waals surface area contributed by atoms with Crippen molar-refractivity contribution in [2.45, 2.75) is 44.9 Å². The second-order valence-corrected chi connectivity index (χ2v) is 5.16. The molecule has 2 fully saturated rings. The molecule has 1 aliphatic carbocycles. The summed E-state index contributed by atoms with van der Waals surface area (Å²) in [7, 11) is 0. The Morgan fingerprint density at radius 1 is 1.53 bits per heavy atom. The van der Waals surface area contributed by atoms with Crippen molar-refractivity contribution in [2.75, 3.05) is 6.54 Å². The van der Waals surface area contributed by atoms with Gasteiger partial charge in [0.25, 0.3) is 0 Å². The van der Waals surface area contributed by atoms with Gasteiger partial charge in [0.15, 0.2) is 0 Å². The molecule has 5 nitrogen and oxygen atoms in total. The summed E-state index contributed by atoms with van der Waals surface area (Å²) in [5, 5.41) is 3.18. The number of amides is 3. The number of nitrogens with one attached hydrogen (secondary N) is 1. The highest BCUT2D eigenvalue weighted by molar-refractivity contribution is 7.98. The summed E-state index contributed by atoms with van der Waals surface area (Å²) in [6, 6.07) is -0.167. The molecule has 3 amide bonds. The smallest absolute Gasteiger partial charge is 0.327 e. The molecule has 17 heavy (non-hydrogen) atoms. The molecular weight excluding hydrogens is 238 g/mol. The van der Waals surface area contributed by atoms with Crippen LogP contribution in [0.5, 0.6) is 0 Å². The minimum absolute atomic E-state index is 0.0669. The molecule has 1 heterocycles. The number of urea groups is 1. The number of nitrogens with zero attached hydrogens (tertiary/aromatic N) is 1. The minimum atomic E-state index is -0.298. The number of primary amides is 1. The lowest BCUT2D eigenvalue weighted by Gasteiger charge is -2.35. The Labute approximate surface area is 107 Å². The Morgan fingerprint density at radius 3 is 2.71 bits per heavy atom. The van der Waals surface area contributed by atoms with Gasteiger partial charge in [-0.15, -0.1) is 0 Å². The molecule has 3 N–H and O–H groups in total. The molecule has 1 aliphatic heterocycles. The number of rotatable bonds is 2. The highest BCUT2D eigenvalue weighted by atomic mass is 32.2. The van der Waals surface area contributed by atoms with Crippen molar-refractivity contribution in [3.63, 3.8) is 0 Å². The van der Waals surface area contributed by atoms with Gasteiger partial charge >= 0.3 is 6.03 Å². The highest BCUT2D eigenvalue weighted by Gasteiger charge is 2.45. The third kappa shape index (κ3) is 2.86. The van der Waals surface area contributed by atoms with Crippen molar-refractivity contribution in [3.05, 3.63) is 0 Å². The maximum Gasteiger partial charge on any atom is 0.327 e. The lowest BCUT2D eigenvalue weighted by Crippen LogP contribution is -2.54. The Hall–Kier alpha value is -0.910. The monoisotopic (exact) mass is 259 g/mol. The fraction of sp³-hybridized carbons (Fsp3) is 0.818. The summed E-state index contributed by atoms with van der Waals surface area (Å²) in [5.74, 6) is -0.487. The van der Waals surface area contributed by atoms with Gasteiger partial charge < -0.3 is 11.1 Å². The standard InChI is InChI=1S/C9H15N3O2S.C2H6/c1-2-12-9(14)11-7-5(8(10)13)3-4-6(7)15-12;1-2/h5-7H,2-4H2,1H3,(H2,10,13)(H,11,14);1-2H3. The Kier molecular flexibility index (Phi) is 5.11. The number of hydrogen-bond acceptors (Lipinski definition) is 3. The fourth-order valence-electron chi connectivity index (χ4n) is 2.24. The molecule has 0 aromatic heterocycles. The molecule has 1 saturated heterocycles. The molecule has 6 heteroatoms. The van der Waals surface area contributed by atoms with Crippen LogP contribution in [0, 0.1) is 5.92 Å². The van der Waals surface area contributed by atoms with Gasteiger partial charge in [-0.1, -0.05) is 13.8 Å². The third-order valence-electron chi connectivity index (χ3n) is 3.03. The first-order valence-electron chi connectivity index (χ1n) is 6.17. The largest absolute Gasteiger partial charge is 0.369 e. The third-order valence-corrected chi connectivity index (χ3v) is 4.51. The number of carbonyl (C=O) groups is 2. The van der Waals surface area contributed by atoms with Gasteiger partial charge in [-0.05, 0) is 31.7 Å². The number of fused-ring (bicyclic) bond motifs is 1. The Balaban J connectivity index is 0.000000686. The lowest BCUT2D eigenvalue weighted by atomic mass is 10.0. The molecule has 0 aromatic rings. The highest BCUT2D eigenvalue weighted by Crippen LogP contribution is 2.38. The maximum absolute atomic E-state index is 11.6. The van der Waals surface area contributed by atoms with Gasteiger partial charge in [0, 0.05) is 11.8 Å². The summed E-state index contributed by atoms with van der Waals surface area (Å²) in [6.45, 7) is 6.62. The molecule has 1 saturated carbocycles. The molecular formula is C11H21N3O2S. The maximum atomic E-state index is 11.6. The quantitative estimate of drug-likeness (QED) is 0.735. The SMILES string of the molecule is CC.CCN1SC2CCC(C(N)=O)C2NC1=O. The van der Waals surface area contributed by atoms with Gasteiger partial charge in [0.1, 0.15) is 0 Å². The van der Waals surface area contributed by atoms with Gasteiger partial charge in [-0.25, -0.2) is 4.79 Å². The summed E-state index contributed by atoms with van der Waals surface area (Å²) in [4.78, 5) is 22.7. The van der Waals surface area contributed by atoms with Crippen molar-refractivity contribution in [1.29, 1.82) is 0 Å². The average Bonchev–Trinajstić information content (AvgIpc) is 2.73. The molecule has 98 valence electrons. The number of hydrogen-bond donors (Lipinski definition) is 2. The van der Waals surface area contributed by atoms with Crippen LogP contribution in [0.25, 0.3) is 0 Å². The normalized spacial score (nSPS) is 31.1. The van der Waals surface area contributed by atoms with E-state index in [0.29, 0.717) is 11.8 Å². The predicted molar refractivity (Wildman–Crippen MR) is 69.3 cm³/mol. The zero-order valence-electron chi connectivity index (χ0n) is 10.6. The van der Waals surface area contributed by atoms with E-state index in [9.17, 15) is 9.59 Å². The molecule has 3 unspecified atom stereocenters. The zero-order chi connectivity index (χ0) is 13.0. The average molecular weight is 259 g/mol. The van der Waals surface area contributed by atoms with Crippen LogP contribution in [0.1, 0.15) is 33.6 Å². The predicted octanol–water partition coefficient (Wildman–Crippen LogP) is 1.34. The first-order chi connectivity index (χ1) is 8.13. The van der Waals surface area contributed by atoms with Crippen molar-refractivity contribution < 1.29 is 9.59 Å². The van der Waals surface area contributed by atoms with Crippen LogP contribution in [0.3, 0.4) is 0 Å². The van der Waals surface area contributed by atoms with E-state index in [0.717, 1.165) is 12.8 Å². The van der Waals surface area contributed by atoms with Crippen LogP contribution in [0.4, 0.5) is 4.79 Å². The summed E-state index contributed by atoms with van der Waals surface area (Å²) >= 11 is 1.54. The summed E-state index contributed by atoms with van der Waals surface area (Å²) in [5.41, 5.74) is 5.30. The molecule has 0 spiro atoms. The van der Waals surface area contributed by atoms with E-state index in [1.54, 1.807) is 16.3 Å². The molecule has 0 bridgehead atoms. The van der Waals surface area contributed by atoms with Gasteiger partial charge in [-0.2, -0.15) is 0 Å². The zero-order valence-corrected chi connectivity index (χ0v) is 11.4. The van der Waals surface area contributed by atoms with Crippen LogP contribution < -0.4 is 11.1 Å². The van der Waals surface area contributed by atoms with Crippen molar-refractivity contribution in [1.82, 2.24) is 9.62 Å². The van der Waals surface area contributed by atoms with E-state index in [1.807, 2.05) is 20.8 Å². The van der Waals surface area contributed by atoms with Crippen molar-refractivity contribution >= 4 is 23.9 Å². The molecule has 0 radical (unpaired) electrons. The molecule has 2 aliphatic rings. The lowest BCUT2D eigenvalue weighted by molar-refractivity contribution is -0.122. The van der Waals surface area contributed by atoms with Crippen LogP contribution >= 0.6 is 11.9 Å². The van der Waals surface area contributed by atoms with Gasteiger partial charge in [0.2, 0.25) is 5.91 Å². The summed E-state index contributed by atoms with van der Waals surface area (Å²) < 4.78 is 1.70. The van der Waals surface area contributed by atoms with Crippen molar-refractivity contribution in [3.8, 4) is 0 Å². The van der Waals surface area contributed by atoms with E-state index < -0.39 is 0 Å². The second-order valence-electron chi connectivity index (χ2n) is 3.90. The van der Waals surface area contributed by atoms with Crippen LogP contribution in [-0.2, 0) is 4.79 Å². The minimum Gasteiger partial charge on any atom is -0.369 e. The summed E-state index contributed by atoms with van der Waals surface area (Å²) in [6.07, 6.45) is 1.73. The Bertz CT molecular complexity index is 298. The molecule has 0 aromatic carbocycles. The van der Waals surface area contributed by atoms with Crippen LogP contribution in [0.2, 0.25) is 0 Å². The molecule has 2 rings (SSSR count). The van der Waals surface area contributed by atoms with E-state index in [2.05, 4.69) is 5.32 Å². The van der Waals surface area contributed by atoms with E-state index >= 15 is 0 Å². The fourth-order valence-corrected chi connectivity index (χ4v) is 3.49. The van der Waals surface area contributed by atoms with Gasteiger partial charge in [-0.3, -0.25) is 9.10 Å². The van der Waals surface area contributed by atoms with Crippen LogP contribution in [0.15, 0.2) is 0 Å². The van der Waals surface area contributed by atoms with E-state index in [1.165, 1.54) is 0 Å². The van der Waals surface area contributed by atoms with Gasteiger partial charge in [0.05, 0.1) is 12.0 Å². The first-order valence-corrected chi connectivity index (χ1v) is 7.01. The number of carbonyl (C=O) groups excluding carboxylic acids is 2. The number of nitrogens with two attached hydrogens (primary N) is 1. The van der Waals surface area contributed by atoms with Crippen molar-refractivity contribution in [2.24, 2.45) is 11.7 Å². The van der Waals surface area contributed by atoms with E-state index in [4.69, 9.17) is 5.73 Å². The first kappa shape index (κ1) is 14.2. The molecule has 3 atom stereocenters. The van der Waals surface area contributed by atoms with E-state index in [-0.39, 0.29) is 23.9 Å². The van der Waals surface area contributed by atoms with Crippen LogP contribution in [-0.4, -0.2) is 34.1 Å².